The van der Waals surface area contributed by atoms with E-state index in [4.69, 9.17) is 9.15 Å². The van der Waals surface area contributed by atoms with E-state index in [2.05, 4.69) is 5.32 Å². The van der Waals surface area contributed by atoms with Crippen molar-refractivity contribution in [3.8, 4) is 0 Å². The van der Waals surface area contributed by atoms with Gasteiger partial charge in [-0.25, -0.2) is 0 Å². The number of likely N-dealkylation sites (N-methyl/N-ethyl adjacent to an activating group) is 1. The Morgan fingerprint density at radius 1 is 1.32 bits per heavy atom. The van der Waals surface area contributed by atoms with Crippen LogP contribution in [0.15, 0.2) is 16.7 Å². The number of furan rings is 1. The first-order chi connectivity index (χ1) is 12.0. The first-order valence-corrected chi connectivity index (χ1v) is 8.83. The van der Waals surface area contributed by atoms with Crippen LogP contribution >= 0.6 is 0 Å². The van der Waals surface area contributed by atoms with Gasteiger partial charge in [-0.1, -0.05) is 0 Å². The number of ether oxygens (including phenoxy) is 1. The van der Waals surface area contributed by atoms with Gasteiger partial charge in [-0.05, 0) is 39.9 Å². The minimum Gasteiger partial charge on any atom is -0.469 e. The number of hydrogen-bond acceptors (Lipinski definition) is 5. The molecule has 1 unspecified atom stereocenters. The lowest BCUT2D eigenvalue weighted by molar-refractivity contribution is -0.121. The average Bonchev–Trinajstić information content (AvgIpc) is 3.21. The zero-order chi connectivity index (χ0) is 18.2. The standard InChI is InChI=1S/C18H29N3O4/c1-14-16(7-12-24-14)18(23)21(13-15-5-4-11-25-15)9-6-17(22)19-8-10-20(2)3/h7,12,15H,4-6,8-11,13H2,1-3H3,(H,19,22). The Morgan fingerprint density at radius 3 is 2.72 bits per heavy atom. The summed E-state index contributed by atoms with van der Waals surface area (Å²) in [4.78, 5) is 28.5. The van der Waals surface area contributed by atoms with Crippen LogP contribution in [0.4, 0.5) is 0 Å². The van der Waals surface area contributed by atoms with Gasteiger partial charge in [0, 0.05) is 39.2 Å². The maximum absolute atomic E-state index is 12.8. The van der Waals surface area contributed by atoms with Gasteiger partial charge in [-0.15, -0.1) is 0 Å². The Kier molecular flexibility index (Phi) is 7.46. The van der Waals surface area contributed by atoms with E-state index in [1.165, 1.54) is 6.26 Å². The zero-order valence-electron chi connectivity index (χ0n) is 15.4. The molecule has 7 heteroatoms. The molecule has 0 aromatic carbocycles. The van der Waals surface area contributed by atoms with E-state index >= 15 is 0 Å². The van der Waals surface area contributed by atoms with Crippen molar-refractivity contribution in [2.75, 3.05) is 46.9 Å². The molecule has 1 atom stereocenters. The van der Waals surface area contributed by atoms with Crippen LogP contribution in [0.3, 0.4) is 0 Å². The van der Waals surface area contributed by atoms with Gasteiger partial charge in [0.25, 0.3) is 5.91 Å². The van der Waals surface area contributed by atoms with Crippen molar-refractivity contribution >= 4 is 11.8 Å². The molecule has 0 spiro atoms. The molecule has 0 radical (unpaired) electrons. The van der Waals surface area contributed by atoms with Gasteiger partial charge in [0.2, 0.25) is 5.91 Å². The van der Waals surface area contributed by atoms with Gasteiger partial charge in [0.15, 0.2) is 0 Å². The molecule has 7 nitrogen and oxygen atoms in total. The smallest absolute Gasteiger partial charge is 0.257 e. The molecular weight excluding hydrogens is 322 g/mol. The number of carbonyl (C=O) groups is 2. The van der Waals surface area contributed by atoms with Crippen LogP contribution in [0.5, 0.6) is 0 Å². The molecule has 2 rings (SSSR count). The number of amides is 2. The van der Waals surface area contributed by atoms with Crippen molar-refractivity contribution in [2.24, 2.45) is 0 Å². The van der Waals surface area contributed by atoms with Crippen LogP contribution in [0, 0.1) is 6.92 Å². The van der Waals surface area contributed by atoms with Gasteiger partial charge in [0.1, 0.15) is 5.76 Å². The minimum atomic E-state index is -0.108. The summed E-state index contributed by atoms with van der Waals surface area (Å²) in [6.45, 7) is 4.78. The monoisotopic (exact) mass is 351 g/mol. The van der Waals surface area contributed by atoms with Crippen molar-refractivity contribution in [2.45, 2.75) is 32.3 Å². The van der Waals surface area contributed by atoms with Crippen LogP contribution in [0.2, 0.25) is 0 Å². The van der Waals surface area contributed by atoms with E-state index in [1.54, 1.807) is 17.9 Å². The van der Waals surface area contributed by atoms with E-state index in [0.29, 0.717) is 31.0 Å². The predicted molar refractivity (Wildman–Crippen MR) is 94.5 cm³/mol. The lowest BCUT2D eigenvalue weighted by atomic mass is 10.1. The topological polar surface area (TPSA) is 75.0 Å². The molecule has 1 saturated heterocycles. The molecule has 0 bridgehead atoms. The van der Waals surface area contributed by atoms with Crippen molar-refractivity contribution in [3.63, 3.8) is 0 Å². The van der Waals surface area contributed by atoms with E-state index in [-0.39, 0.29) is 24.3 Å². The van der Waals surface area contributed by atoms with Crippen LogP contribution < -0.4 is 5.32 Å². The Bertz CT molecular complexity index is 564. The third-order valence-corrected chi connectivity index (χ3v) is 4.31. The first-order valence-electron chi connectivity index (χ1n) is 8.83. The normalized spacial score (nSPS) is 17.0. The van der Waals surface area contributed by atoms with E-state index in [9.17, 15) is 9.59 Å². The molecule has 25 heavy (non-hydrogen) atoms. The summed E-state index contributed by atoms with van der Waals surface area (Å²) in [5, 5.41) is 2.88. The van der Waals surface area contributed by atoms with Crippen molar-refractivity contribution in [1.29, 1.82) is 0 Å². The summed E-state index contributed by atoms with van der Waals surface area (Å²) in [6.07, 6.45) is 3.81. The highest BCUT2D eigenvalue weighted by Gasteiger charge is 2.25. The fraction of sp³-hybridized carbons (Fsp3) is 0.667. The van der Waals surface area contributed by atoms with Gasteiger partial charge in [-0.3, -0.25) is 9.59 Å². The van der Waals surface area contributed by atoms with Crippen molar-refractivity contribution < 1.29 is 18.7 Å². The molecule has 1 fully saturated rings. The molecule has 140 valence electrons. The van der Waals surface area contributed by atoms with Crippen LogP contribution in [-0.2, 0) is 9.53 Å². The fourth-order valence-electron chi connectivity index (χ4n) is 2.83. The highest BCUT2D eigenvalue weighted by Crippen LogP contribution is 2.17. The number of nitrogens with zero attached hydrogens (tertiary/aromatic N) is 2. The molecular formula is C18H29N3O4. The second-order valence-corrected chi connectivity index (χ2v) is 6.68. The SMILES string of the molecule is Cc1occc1C(=O)N(CCC(=O)NCCN(C)C)CC1CCCO1. The largest absolute Gasteiger partial charge is 0.469 e. The molecule has 1 aliphatic rings. The van der Waals surface area contributed by atoms with Gasteiger partial charge >= 0.3 is 0 Å². The Hall–Kier alpha value is -1.86. The van der Waals surface area contributed by atoms with Crippen LogP contribution in [-0.4, -0.2) is 74.6 Å². The first kappa shape index (κ1) is 19.5. The molecule has 2 amide bonds. The number of nitrogens with one attached hydrogen (secondary N) is 1. The molecule has 1 aromatic heterocycles. The third-order valence-electron chi connectivity index (χ3n) is 4.31. The minimum absolute atomic E-state index is 0.0455. The molecule has 2 heterocycles. The predicted octanol–water partition coefficient (Wildman–Crippen LogP) is 1.28. The summed E-state index contributed by atoms with van der Waals surface area (Å²) in [6, 6.07) is 1.68. The van der Waals surface area contributed by atoms with E-state index < -0.39 is 0 Å². The summed E-state index contributed by atoms with van der Waals surface area (Å²) in [5.74, 6) is 0.441. The quantitative estimate of drug-likeness (QED) is 0.725. The van der Waals surface area contributed by atoms with E-state index in [0.717, 1.165) is 26.0 Å². The number of hydrogen-bond donors (Lipinski definition) is 1. The molecule has 0 saturated carbocycles. The summed E-state index contributed by atoms with van der Waals surface area (Å²) < 4.78 is 10.9. The summed E-state index contributed by atoms with van der Waals surface area (Å²) >= 11 is 0. The second kappa shape index (κ2) is 9.58. The molecule has 1 aromatic rings. The van der Waals surface area contributed by atoms with Crippen molar-refractivity contribution in [3.05, 3.63) is 23.7 Å². The van der Waals surface area contributed by atoms with Crippen molar-refractivity contribution in [1.82, 2.24) is 15.1 Å². The number of carbonyl (C=O) groups excluding carboxylic acids is 2. The lowest BCUT2D eigenvalue weighted by Crippen LogP contribution is -2.40. The summed E-state index contributed by atoms with van der Waals surface area (Å²) in [5.41, 5.74) is 0.547. The highest BCUT2D eigenvalue weighted by atomic mass is 16.5. The average molecular weight is 351 g/mol. The molecule has 0 aliphatic carbocycles. The molecule has 1 N–H and O–H groups in total. The molecule has 1 aliphatic heterocycles. The third kappa shape index (κ3) is 6.17. The highest BCUT2D eigenvalue weighted by molar-refractivity contribution is 5.95. The number of aryl methyl sites for hydroxylation is 1. The Labute approximate surface area is 149 Å². The second-order valence-electron chi connectivity index (χ2n) is 6.68. The van der Waals surface area contributed by atoms with Gasteiger partial charge in [-0.2, -0.15) is 0 Å². The van der Waals surface area contributed by atoms with E-state index in [1.807, 2.05) is 19.0 Å². The van der Waals surface area contributed by atoms with Crippen LogP contribution in [0.1, 0.15) is 35.4 Å². The Balaban J connectivity index is 1.91. The Morgan fingerprint density at radius 2 is 2.12 bits per heavy atom. The lowest BCUT2D eigenvalue weighted by Gasteiger charge is -2.25. The fourth-order valence-corrected chi connectivity index (χ4v) is 2.83. The van der Waals surface area contributed by atoms with Crippen LogP contribution in [0.25, 0.3) is 0 Å². The maximum Gasteiger partial charge on any atom is 0.257 e. The maximum atomic E-state index is 12.8. The van der Waals surface area contributed by atoms with Gasteiger partial charge in [0.05, 0.1) is 17.9 Å². The number of rotatable bonds is 9. The summed E-state index contributed by atoms with van der Waals surface area (Å²) in [7, 11) is 3.92. The zero-order valence-corrected chi connectivity index (χ0v) is 15.4. The van der Waals surface area contributed by atoms with Gasteiger partial charge < -0.3 is 24.3 Å².